The summed E-state index contributed by atoms with van der Waals surface area (Å²) in [7, 11) is 0. The summed E-state index contributed by atoms with van der Waals surface area (Å²) in [6.45, 7) is 1.35. The molecule has 1 spiro atoms. The zero-order chi connectivity index (χ0) is 14.7. The molecule has 1 N–H and O–H groups in total. The summed E-state index contributed by atoms with van der Waals surface area (Å²) in [5.74, 6) is 0.645. The fraction of sp³-hybridized carbons (Fsp3) is 0.562. The van der Waals surface area contributed by atoms with E-state index in [1.807, 2.05) is 12.1 Å². The molecular formula is C16H17BrO4. The first-order valence-electron chi connectivity index (χ1n) is 7.38. The number of carbonyl (C=O) groups is 1. The molecule has 4 rings (SSSR count). The molecule has 2 fully saturated rings. The molecule has 0 atom stereocenters. The lowest BCUT2D eigenvalue weighted by Crippen LogP contribution is -2.42. The van der Waals surface area contributed by atoms with E-state index in [4.69, 9.17) is 9.47 Å². The van der Waals surface area contributed by atoms with Crippen LogP contribution < -0.4 is 9.47 Å². The lowest BCUT2D eigenvalue weighted by Gasteiger charge is -2.38. The third-order valence-corrected chi connectivity index (χ3v) is 5.78. The first-order valence-corrected chi connectivity index (χ1v) is 8.17. The number of rotatable bonds is 2. The van der Waals surface area contributed by atoms with Crippen LogP contribution in [0.1, 0.15) is 37.7 Å². The smallest absolute Gasteiger partial charge is 0.314 e. The van der Waals surface area contributed by atoms with Gasteiger partial charge in [0.2, 0.25) is 0 Å². The fourth-order valence-electron chi connectivity index (χ4n) is 3.21. The summed E-state index contributed by atoms with van der Waals surface area (Å²) < 4.78 is 12.7. The standard InChI is InChI=1S/C16H17BrO4/c17-11-6-10(16(14(18)19)2-1-3-16)7-12-13(11)21-9-15(4-5-15)8-20-12/h6-7H,1-5,8-9H2,(H,18,19). The van der Waals surface area contributed by atoms with Crippen molar-refractivity contribution in [1.82, 2.24) is 0 Å². The van der Waals surface area contributed by atoms with Crippen molar-refractivity contribution in [2.45, 2.75) is 37.5 Å². The van der Waals surface area contributed by atoms with Crippen molar-refractivity contribution in [3.63, 3.8) is 0 Å². The Balaban J connectivity index is 1.74. The van der Waals surface area contributed by atoms with Gasteiger partial charge in [-0.2, -0.15) is 0 Å². The first-order chi connectivity index (χ1) is 10.0. The summed E-state index contributed by atoms with van der Waals surface area (Å²) in [5.41, 5.74) is 0.256. The van der Waals surface area contributed by atoms with Crippen LogP contribution in [-0.2, 0) is 10.2 Å². The van der Waals surface area contributed by atoms with E-state index >= 15 is 0 Å². The van der Waals surface area contributed by atoms with Crippen LogP contribution >= 0.6 is 15.9 Å². The van der Waals surface area contributed by atoms with E-state index in [1.165, 1.54) is 0 Å². The van der Waals surface area contributed by atoms with E-state index in [0.29, 0.717) is 37.6 Å². The molecule has 112 valence electrons. The number of aliphatic carboxylic acids is 1. The number of carboxylic acid groups (broad SMARTS) is 1. The van der Waals surface area contributed by atoms with E-state index in [-0.39, 0.29) is 5.41 Å². The van der Waals surface area contributed by atoms with Gasteiger partial charge in [0, 0.05) is 5.41 Å². The Morgan fingerprint density at radius 2 is 1.86 bits per heavy atom. The predicted octanol–water partition coefficient (Wildman–Crippen LogP) is 3.51. The molecule has 0 radical (unpaired) electrons. The van der Waals surface area contributed by atoms with Crippen LogP contribution in [0, 0.1) is 5.41 Å². The van der Waals surface area contributed by atoms with Gasteiger partial charge in [0.25, 0.3) is 0 Å². The highest BCUT2D eigenvalue weighted by Crippen LogP contribution is 2.52. The Morgan fingerprint density at radius 1 is 1.14 bits per heavy atom. The third kappa shape index (κ3) is 1.97. The maximum absolute atomic E-state index is 11.7. The highest BCUT2D eigenvalue weighted by Gasteiger charge is 2.48. The second kappa shape index (κ2) is 4.38. The molecule has 1 heterocycles. The number of hydrogen-bond acceptors (Lipinski definition) is 3. The molecule has 3 aliphatic rings. The molecule has 21 heavy (non-hydrogen) atoms. The van der Waals surface area contributed by atoms with E-state index in [2.05, 4.69) is 15.9 Å². The fourth-order valence-corrected chi connectivity index (χ4v) is 3.77. The molecule has 0 amide bonds. The van der Waals surface area contributed by atoms with Crippen LogP contribution in [0.4, 0.5) is 0 Å². The van der Waals surface area contributed by atoms with Gasteiger partial charge in [-0.1, -0.05) is 6.42 Å². The van der Waals surface area contributed by atoms with Crippen molar-refractivity contribution in [2.75, 3.05) is 13.2 Å². The van der Waals surface area contributed by atoms with Crippen molar-refractivity contribution in [3.8, 4) is 11.5 Å². The lowest BCUT2D eigenvalue weighted by atomic mass is 9.64. The maximum Gasteiger partial charge on any atom is 0.314 e. The van der Waals surface area contributed by atoms with E-state index in [0.717, 1.165) is 29.3 Å². The molecular weight excluding hydrogens is 336 g/mol. The highest BCUT2D eigenvalue weighted by atomic mass is 79.9. The van der Waals surface area contributed by atoms with Gasteiger partial charge in [0.15, 0.2) is 11.5 Å². The van der Waals surface area contributed by atoms with E-state index < -0.39 is 11.4 Å². The molecule has 1 aromatic rings. The summed E-state index contributed by atoms with van der Waals surface area (Å²) in [6, 6.07) is 3.76. The minimum absolute atomic E-state index is 0.180. The van der Waals surface area contributed by atoms with Gasteiger partial charge in [0.1, 0.15) is 0 Å². The van der Waals surface area contributed by atoms with Gasteiger partial charge in [-0.25, -0.2) is 0 Å². The van der Waals surface area contributed by atoms with Crippen molar-refractivity contribution >= 4 is 21.9 Å². The summed E-state index contributed by atoms with van der Waals surface area (Å²) >= 11 is 3.52. The van der Waals surface area contributed by atoms with Gasteiger partial charge >= 0.3 is 5.97 Å². The Morgan fingerprint density at radius 3 is 2.43 bits per heavy atom. The van der Waals surface area contributed by atoms with Gasteiger partial charge < -0.3 is 14.6 Å². The molecule has 0 unspecified atom stereocenters. The predicted molar refractivity (Wildman–Crippen MR) is 80.0 cm³/mol. The van der Waals surface area contributed by atoms with Crippen molar-refractivity contribution in [3.05, 3.63) is 22.2 Å². The summed E-state index contributed by atoms with van der Waals surface area (Å²) in [5, 5.41) is 9.59. The van der Waals surface area contributed by atoms with Crippen LogP contribution in [0.15, 0.2) is 16.6 Å². The molecule has 0 bridgehead atoms. The minimum Gasteiger partial charge on any atom is -0.489 e. The van der Waals surface area contributed by atoms with E-state index in [1.54, 1.807) is 0 Å². The molecule has 0 saturated heterocycles. The Kier molecular flexibility index (Phi) is 2.80. The average Bonchev–Trinajstić information content (AvgIpc) is 3.16. The number of carboxylic acids is 1. The molecule has 2 aliphatic carbocycles. The number of ether oxygens (including phenoxy) is 2. The van der Waals surface area contributed by atoms with Crippen LogP contribution in [0.25, 0.3) is 0 Å². The third-order valence-electron chi connectivity index (χ3n) is 5.19. The van der Waals surface area contributed by atoms with Crippen LogP contribution in [0.3, 0.4) is 0 Å². The highest BCUT2D eigenvalue weighted by molar-refractivity contribution is 9.10. The monoisotopic (exact) mass is 352 g/mol. The van der Waals surface area contributed by atoms with Crippen molar-refractivity contribution in [2.24, 2.45) is 5.41 Å². The van der Waals surface area contributed by atoms with Crippen LogP contribution in [0.5, 0.6) is 11.5 Å². The Labute approximate surface area is 131 Å². The van der Waals surface area contributed by atoms with Crippen molar-refractivity contribution < 1.29 is 19.4 Å². The topological polar surface area (TPSA) is 55.8 Å². The summed E-state index contributed by atoms with van der Waals surface area (Å²) in [4.78, 5) is 11.7. The average molecular weight is 353 g/mol. The number of halogens is 1. The second-order valence-corrected chi connectivity index (χ2v) is 7.46. The molecule has 1 aliphatic heterocycles. The SMILES string of the molecule is O=C(O)C1(c2cc(Br)c3c(c2)OCC2(CC2)CO3)CCC1. The molecule has 0 aromatic heterocycles. The number of benzene rings is 1. The minimum atomic E-state index is -0.746. The van der Waals surface area contributed by atoms with Crippen molar-refractivity contribution in [1.29, 1.82) is 0 Å². The number of hydrogen-bond donors (Lipinski definition) is 1. The second-order valence-electron chi connectivity index (χ2n) is 6.60. The normalized spacial score (nSPS) is 24.0. The molecule has 4 nitrogen and oxygen atoms in total. The van der Waals surface area contributed by atoms with Gasteiger partial charge in [-0.3, -0.25) is 4.79 Å². The van der Waals surface area contributed by atoms with E-state index in [9.17, 15) is 9.90 Å². The number of fused-ring (bicyclic) bond motifs is 1. The van der Waals surface area contributed by atoms with Gasteiger partial charge in [0.05, 0.1) is 23.1 Å². The molecule has 1 aromatic carbocycles. The zero-order valence-electron chi connectivity index (χ0n) is 11.7. The molecule has 2 saturated carbocycles. The van der Waals surface area contributed by atoms with Crippen LogP contribution in [-0.4, -0.2) is 24.3 Å². The van der Waals surface area contributed by atoms with Crippen LogP contribution in [0.2, 0.25) is 0 Å². The zero-order valence-corrected chi connectivity index (χ0v) is 13.2. The Bertz CT molecular complexity index is 617. The largest absolute Gasteiger partial charge is 0.489 e. The maximum atomic E-state index is 11.7. The first kappa shape index (κ1) is 13.4. The van der Waals surface area contributed by atoms with Gasteiger partial charge in [-0.15, -0.1) is 0 Å². The summed E-state index contributed by atoms with van der Waals surface area (Å²) in [6.07, 6.45) is 4.63. The molecule has 5 heteroatoms. The van der Waals surface area contributed by atoms with Gasteiger partial charge in [-0.05, 0) is 59.3 Å². The quantitative estimate of drug-likeness (QED) is 0.884. The lowest BCUT2D eigenvalue weighted by molar-refractivity contribution is -0.147. The Hall–Kier alpha value is -1.23.